The molecule has 0 spiro atoms. The normalized spacial score (nSPS) is 15.6. The van der Waals surface area contributed by atoms with Gasteiger partial charge < -0.3 is 13.9 Å². The average molecular weight is 483 g/mol. The lowest BCUT2D eigenvalue weighted by molar-refractivity contribution is -0.145. The molecule has 6 nitrogen and oxygen atoms in total. The van der Waals surface area contributed by atoms with Crippen molar-refractivity contribution in [3.63, 3.8) is 0 Å². The van der Waals surface area contributed by atoms with E-state index < -0.39 is 0 Å². The Bertz CT molecular complexity index is 1230. The zero-order chi connectivity index (χ0) is 24.7. The molecule has 3 aromatic carbocycles. The highest BCUT2D eigenvalue weighted by Crippen LogP contribution is 2.39. The fourth-order valence-corrected chi connectivity index (χ4v) is 4.66. The molecular weight excluding hydrogens is 452 g/mol. The summed E-state index contributed by atoms with van der Waals surface area (Å²) in [6.45, 7) is 3.74. The highest BCUT2D eigenvalue weighted by atomic mass is 16.6. The highest BCUT2D eigenvalue weighted by molar-refractivity contribution is 5.76. The number of rotatable bonds is 9. The van der Waals surface area contributed by atoms with Gasteiger partial charge in [0.1, 0.15) is 11.4 Å². The first kappa shape index (κ1) is 23.8. The van der Waals surface area contributed by atoms with Gasteiger partial charge in [-0.3, -0.25) is 4.90 Å². The van der Waals surface area contributed by atoms with Crippen LogP contribution >= 0.6 is 0 Å². The molecule has 1 aliphatic heterocycles. The third-order valence-corrected chi connectivity index (χ3v) is 6.32. The number of benzene rings is 3. The van der Waals surface area contributed by atoms with Crippen LogP contribution in [0.15, 0.2) is 89.3 Å². The molecule has 1 saturated heterocycles. The van der Waals surface area contributed by atoms with E-state index in [0.29, 0.717) is 12.4 Å². The lowest BCUT2D eigenvalue weighted by Crippen LogP contribution is -2.23. The molecule has 0 amide bonds. The van der Waals surface area contributed by atoms with Crippen molar-refractivity contribution in [3.05, 3.63) is 96.4 Å². The minimum atomic E-state index is -0.366. The zero-order valence-corrected chi connectivity index (χ0v) is 20.4. The Labute approximate surface area is 211 Å². The van der Waals surface area contributed by atoms with Gasteiger partial charge >= 0.3 is 5.97 Å². The number of oxazole rings is 1. The van der Waals surface area contributed by atoms with E-state index >= 15 is 0 Å². The average Bonchev–Trinajstić information content (AvgIpc) is 3.56. The summed E-state index contributed by atoms with van der Waals surface area (Å²) in [5, 5.41) is 0. The van der Waals surface area contributed by atoms with Gasteiger partial charge in [-0.15, -0.1) is 0 Å². The summed E-state index contributed by atoms with van der Waals surface area (Å²) in [6, 6.07) is 28.3. The Kier molecular flexibility index (Phi) is 7.43. The van der Waals surface area contributed by atoms with Crippen LogP contribution in [-0.2, 0) is 16.1 Å². The molecule has 4 aromatic rings. The van der Waals surface area contributed by atoms with Crippen LogP contribution in [0.1, 0.15) is 37.3 Å². The van der Waals surface area contributed by atoms with Gasteiger partial charge in [0.2, 0.25) is 5.89 Å². The highest BCUT2D eigenvalue weighted by Gasteiger charge is 2.31. The van der Waals surface area contributed by atoms with Gasteiger partial charge in [0.05, 0.1) is 12.6 Å². The summed E-state index contributed by atoms with van der Waals surface area (Å²) >= 11 is 0. The predicted molar refractivity (Wildman–Crippen MR) is 138 cm³/mol. The second kappa shape index (κ2) is 11.2. The van der Waals surface area contributed by atoms with E-state index in [-0.39, 0.29) is 18.6 Å². The topological polar surface area (TPSA) is 64.8 Å². The van der Waals surface area contributed by atoms with Crippen LogP contribution in [0.3, 0.4) is 0 Å². The lowest BCUT2D eigenvalue weighted by Gasteiger charge is -2.22. The summed E-state index contributed by atoms with van der Waals surface area (Å²) in [4.78, 5) is 19.1. The Balaban J connectivity index is 1.37. The van der Waals surface area contributed by atoms with Crippen molar-refractivity contribution in [1.29, 1.82) is 0 Å². The van der Waals surface area contributed by atoms with Gasteiger partial charge in [0.15, 0.2) is 12.4 Å². The number of hydrogen-bond acceptors (Lipinski definition) is 6. The van der Waals surface area contributed by atoms with Gasteiger partial charge in [-0.1, -0.05) is 72.8 Å². The zero-order valence-electron chi connectivity index (χ0n) is 20.4. The number of hydrogen-bond donors (Lipinski definition) is 0. The van der Waals surface area contributed by atoms with Crippen molar-refractivity contribution in [3.8, 4) is 28.3 Å². The molecule has 1 fully saturated rings. The van der Waals surface area contributed by atoms with E-state index in [0.717, 1.165) is 60.0 Å². The van der Waals surface area contributed by atoms with Crippen LogP contribution in [0.5, 0.6) is 5.75 Å². The maximum atomic E-state index is 11.6. The van der Waals surface area contributed by atoms with Crippen molar-refractivity contribution in [2.45, 2.75) is 32.4 Å². The number of likely N-dealkylation sites (tertiary alicyclic amines) is 1. The number of carbonyl (C=O) groups excluding carboxylic acids is 1. The molecule has 6 heteroatoms. The number of ether oxygens (including phenoxy) is 2. The minimum Gasteiger partial charge on any atom is -0.482 e. The summed E-state index contributed by atoms with van der Waals surface area (Å²) in [7, 11) is 0. The molecule has 0 saturated carbocycles. The van der Waals surface area contributed by atoms with Gasteiger partial charge in [0, 0.05) is 17.7 Å². The number of aromatic nitrogens is 1. The van der Waals surface area contributed by atoms with Gasteiger partial charge in [-0.05, 0) is 44.0 Å². The number of esters is 1. The molecule has 0 aliphatic carbocycles. The van der Waals surface area contributed by atoms with Gasteiger partial charge in [-0.2, -0.15) is 0 Å². The quantitative estimate of drug-likeness (QED) is 0.261. The fraction of sp³-hybridized carbons (Fsp3) is 0.267. The number of nitrogens with zero attached hydrogens (tertiary/aromatic N) is 2. The molecule has 1 atom stereocenters. The third kappa shape index (κ3) is 5.50. The van der Waals surface area contributed by atoms with Crippen molar-refractivity contribution in [2.75, 3.05) is 19.8 Å². The van der Waals surface area contributed by atoms with Crippen LogP contribution < -0.4 is 4.74 Å². The van der Waals surface area contributed by atoms with Gasteiger partial charge in [0.25, 0.3) is 0 Å². The molecule has 5 rings (SSSR count). The first-order valence-corrected chi connectivity index (χ1v) is 12.4. The van der Waals surface area contributed by atoms with Crippen LogP contribution in [0, 0.1) is 0 Å². The van der Waals surface area contributed by atoms with Crippen LogP contribution in [0.4, 0.5) is 0 Å². The largest absolute Gasteiger partial charge is 0.482 e. The number of carbonyl (C=O) groups is 1. The molecule has 1 aromatic heterocycles. The molecule has 2 heterocycles. The molecule has 36 heavy (non-hydrogen) atoms. The van der Waals surface area contributed by atoms with E-state index in [2.05, 4.69) is 35.2 Å². The maximum Gasteiger partial charge on any atom is 0.344 e. The standard InChI is InChI=1S/C30H30N2O4/c1-2-34-27(33)21-35-25-16-9-11-22(19-25)20-32-18-10-17-26(32)30-31-28(23-12-5-3-6-13-23)29(36-30)24-14-7-4-8-15-24/h3-9,11-16,19,26H,2,10,17-18,20-21H2,1H3/t26-/m1/s1. The maximum absolute atomic E-state index is 11.6. The van der Waals surface area contributed by atoms with E-state index in [1.54, 1.807) is 6.92 Å². The molecule has 1 aliphatic rings. The van der Waals surface area contributed by atoms with Crippen LogP contribution in [0.25, 0.3) is 22.6 Å². The second-order valence-corrected chi connectivity index (χ2v) is 8.83. The summed E-state index contributed by atoms with van der Waals surface area (Å²) in [6.07, 6.45) is 2.06. The Hall–Kier alpha value is -3.90. The molecule has 0 radical (unpaired) electrons. The Morgan fingerprint density at radius 2 is 1.75 bits per heavy atom. The Morgan fingerprint density at radius 1 is 1.00 bits per heavy atom. The van der Waals surface area contributed by atoms with Crippen molar-refractivity contribution >= 4 is 5.97 Å². The van der Waals surface area contributed by atoms with Crippen LogP contribution in [-0.4, -0.2) is 35.6 Å². The molecule has 184 valence electrons. The summed E-state index contributed by atoms with van der Waals surface area (Å²) < 4.78 is 17.1. The van der Waals surface area contributed by atoms with E-state index in [1.165, 1.54) is 0 Å². The van der Waals surface area contributed by atoms with Crippen molar-refractivity contribution < 1.29 is 18.7 Å². The van der Waals surface area contributed by atoms with Crippen molar-refractivity contribution in [2.24, 2.45) is 0 Å². The fourth-order valence-electron chi connectivity index (χ4n) is 4.66. The van der Waals surface area contributed by atoms with Crippen molar-refractivity contribution in [1.82, 2.24) is 9.88 Å². The molecular formula is C30H30N2O4. The lowest BCUT2D eigenvalue weighted by atomic mass is 10.1. The Morgan fingerprint density at radius 3 is 2.50 bits per heavy atom. The van der Waals surface area contributed by atoms with E-state index in [9.17, 15) is 4.79 Å². The monoisotopic (exact) mass is 482 g/mol. The predicted octanol–water partition coefficient (Wildman–Crippen LogP) is 6.29. The third-order valence-electron chi connectivity index (χ3n) is 6.32. The first-order valence-electron chi connectivity index (χ1n) is 12.4. The first-order chi connectivity index (χ1) is 17.7. The molecule has 0 unspecified atom stereocenters. The SMILES string of the molecule is CCOC(=O)COc1cccc(CN2CCC[C@@H]2c2nc(-c3ccccc3)c(-c3ccccc3)o2)c1. The second-order valence-electron chi connectivity index (χ2n) is 8.83. The minimum absolute atomic E-state index is 0.0917. The van der Waals surface area contributed by atoms with E-state index in [4.69, 9.17) is 18.9 Å². The molecule has 0 N–H and O–H groups in total. The molecule has 0 bridgehead atoms. The summed E-state index contributed by atoms with van der Waals surface area (Å²) in [5.41, 5.74) is 4.05. The van der Waals surface area contributed by atoms with Crippen LogP contribution in [0.2, 0.25) is 0 Å². The van der Waals surface area contributed by atoms with Gasteiger partial charge in [-0.25, -0.2) is 9.78 Å². The summed E-state index contributed by atoms with van der Waals surface area (Å²) in [5.74, 6) is 1.85. The smallest absolute Gasteiger partial charge is 0.344 e. The van der Waals surface area contributed by atoms with E-state index in [1.807, 2.05) is 54.6 Å².